The molecule has 7 heteroatoms. The van der Waals surface area contributed by atoms with Crippen LogP contribution in [0.15, 0.2) is 59.8 Å². The van der Waals surface area contributed by atoms with Gasteiger partial charge in [-0.1, -0.05) is 47.1 Å². The summed E-state index contributed by atoms with van der Waals surface area (Å²) in [6.07, 6.45) is 2.25. The molecule has 0 saturated carbocycles. The van der Waals surface area contributed by atoms with Crippen molar-refractivity contribution >= 4 is 11.7 Å². The number of benzene rings is 2. The topological polar surface area (TPSA) is 81.9 Å². The van der Waals surface area contributed by atoms with Crippen molar-refractivity contribution < 1.29 is 9.53 Å². The molecule has 0 spiro atoms. The molecule has 2 aromatic carbocycles. The van der Waals surface area contributed by atoms with E-state index in [2.05, 4.69) is 52.0 Å². The molecule has 1 aliphatic carbocycles. The summed E-state index contributed by atoms with van der Waals surface area (Å²) in [5.74, 6) is 1.51. The first-order valence-electron chi connectivity index (χ1n) is 9.78. The van der Waals surface area contributed by atoms with Crippen LogP contribution in [-0.2, 0) is 11.4 Å². The molecule has 0 bridgehead atoms. The van der Waals surface area contributed by atoms with E-state index in [1.807, 2.05) is 24.3 Å². The number of ketones is 1. The summed E-state index contributed by atoms with van der Waals surface area (Å²) < 4.78 is 7.60. The number of allylic oxidation sites excluding steroid dienone is 2. The van der Waals surface area contributed by atoms with Crippen molar-refractivity contribution in [2.24, 2.45) is 0 Å². The lowest BCUT2D eigenvalue weighted by Crippen LogP contribution is -2.31. The standard InChI is InChI=1S/C22H21N5O2/c1-14-5-7-15(8-6-14)13-29-17-11-9-16(10-12-17)21-20-18(3-2-4-19(20)28)23-22-24-25-26-27(21)22/h5-12,21H,2-4,13H2,1H3,(H,23,24,26)/t21-/m0/s1. The highest BCUT2D eigenvalue weighted by Crippen LogP contribution is 2.39. The van der Waals surface area contributed by atoms with Crippen molar-refractivity contribution in [3.63, 3.8) is 0 Å². The van der Waals surface area contributed by atoms with Crippen LogP contribution in [0.5, 0.6) is 5.75 Å². The number of carbonyl (C=O) groups is 1. The van der Waals surface area contributed by atoms with Gasteiger partial charge in [-0.05, 0) is 53.5 Å². The van der Waals surface area contributed by atoms with Crippen LogP contribution in [0.3, 0.4) is 0 Å². The number of rotatable bonds is 4. The zero-order valence-corrected chi connectivity index (χ0v) is 16.1. The van der Waals surface area contributed by atoms with Crippen molar-refractivity contribution in [3.05, 3.63) is 76.5 Å². The number of nitrogens with one attached hydrogen (secondary N) is 1. The fraction of sp³-hybridized carbons (Fsp3) is 0.273. The van der Waals surface area contributed by atoms with E-state index in [-0.39, 0.29) is 11.8 Å². The van der Waals surface area contributed by atoms with Crippen LogP contribution >= 0.6 is 0 Å². The lowest BCUT2D eigenvalue weighted by Gasteiger charge is -2.31. The Kier molecular flexibility index (Phi) is 4.35. The van der Waals surface area contributed by atoms with E-state index in [9.17, 15) is 4.79 Å². The predicted molar refractivity (Wildman–Crippen MR) is 107 cm³/mol. The third-order valence-electron chi connectivity index (χ3n) is 5.45. The predicted octanol–water partition coefficient (Wildman–Crippen LogP) is 3.58. The highest BCUT2D eigenvalue weighted by molar-refractivity contribution is 5.99. The second-order valence-electron chi connectivity index (χ2n) is 7.49. The SMILES string of the molecule is Cc1ccc(COc2ccc([C@H]3C4=C(CCCC4=O)Nc4nnnn43)cc2)cc1. The van der Waals surface area contributed by atoms with Gasteiger partial charge in [0, 0.05) is 17.7 Å². The summed E-state index contributed by atoms with van der Waals surface area (Å²) in [5, 5.41) is 15.2. The lowest BCUT2D eigenvalue weighted by atomic mass is 9.85. The van der Waals surface area contributed by atoms with Crippen LogP contribution in [0.2, 0.25) is 0 Å². The van der Waals surface area contributed by atoms with Crippen molar-refractivity contribution in [1.82, 2.24) is 20.2 Å². The Bertz CT molecular complexity index is 1080. The van der Waals surface area contributed by atoms with E-state index in [0.29, 0.717) is 19.0 Å². The Morgan fingerprint density at radius 3 is 2.69 bits per heavy atom. The monoisotopic (exact) mass is 387 g/mol. The minimum absolute atomic E-state index is 0.157. The van der Waals surface area contributed by atoms with Gasteiger partial charge in [0.1, 0.15) is 18.4 Å². The average Bonchev–Trinajstić information content (AvgIpc) is 3.21. The van der Waals surface area contributed by atoms with E-state index >= 15 is 0 Å². The summed E-state index contributed by atoms with van der Waals surface area (Å²) in [6.45, 7) is 2.58. The number of tetrazole rings is 1. The van der Waals surface area contributed by atoms with Crippen LogP contribution in [0.1, 0.15) is 42.0 Å². The normalized spacial score (nSPS) is 18.1. The summed E-state index contributed by atoms with van der Waals surface area (Å²) >= 11 is 0. The zero-order chi connectivity index (χ0) is 19.8. The fourth-order valence-corrected chi connectivity index (χ4v) is 3.92. The average molecular weight is 387 g/mol. The molecule has 0 fully saturated rings. The summed E-state index contributed by atoms with van der Waals surface area (Å²) in [7, 11) is 0. The summed E-state index contributed by atoms with van der Waals surface area (Å²) in [6, 6.07) is 15.8. The first-order valence-corrected chi connectivity index (χ1v) is 9.78. The number of carbonyl (C=O) groups excluding carboxylic acids is 1. The molecule has 1 aromatic heterocycles. The number of Topliss-reactive ketones (excluding diaryl/α,β-unsaturated/α-hetero) is 1. The second-order valence-corrected chi connectivity index (χ2v) is 7.49. The highest BCUT2D eigenvalue weighted by atomic mass is 16.5. The molecular weight excluding hydrogens is 366 g/mol. The summed E-state index contributed by atoms with van der Waals surface area (Å²) in [5.41, 5.74) is 5.02. The van der Waals surface area contributed by atoms with E-state index in [4.69, 9.17) is 4.74 Å². The van der Waals surface area contributed by atoms with E-state index in [1.54, 1.807) is 4.68 Å². The van der Waals surface area contributed by atoms with Crippen LogP contribution in [0, 0.1) is 6.92 Å². The maximum Gasteiger partial charge on any atom is 0.248 e. The minimum Gasteiger partial charge on any atom is -0.489 e. The first-order chi connectivity index (χ1) is 14.2. The number of hydrogen-bond donors (Lipinski definition) is 1. The van der Waals surface area contributed by atoms with Crippen molar-refractivity contribution in [3.8, 4) is 5.75 Å². The van der Waals surface area contributed by atoms with Crippen LogP contribution in [0.4, 0.5) is 5.95 Å². The molecular formula is C22H21N5O2. The number of aromatic nitrogens is 4. The van der Waals surface area contributed by atoms with Crippen LogP contribution in [-0.4, -0.2) is 26.0 Å². The quantitative estimate of drug-likeness (QED) is 0.737. The molecule has 1 aliphatic heterocycles. The molecule has 0 radical (unpaired) electrons. The van der Waals surface area contributed by atoms with Gasteiger partial charge in [-0.15, -0.1) is 0 Å². The Balaban J connectivity index is 1.41. The molecule has 0 amide bonds. The van der Waals surface area contributed by atoms with E-state index < -0.39 is 0 Å². The van der Waals surface area contributed by atoms with Crippen molar-refractivity contribution in [2.75, 3.05) is 5.32 Å². The Morgan fingerprint density at radius 2 is 1.90 bits per heavy atom. The number of fused-ring (bicyclic) bond motifs is 1. The molecule has 0 saturated heterocycles. The largest absolute Gasteiger partial charge is 0.489 e. The maximum atomic E-state index is 12.7. The molecule has 2 heterocycles. The number of aryl methyl sites for hydroxylation is 1. The van der Waals surface area contributed by atoms with Gasteiger partial charge in [-0.2, -0.15) is 4.68 Å². The number of anilines is 1. The third-order valence-corrected chi connectivity index (χ3v) is 5.45. The minimum atomic E-state index is -0.310. The molecule has 7 nitrogen and oxygen atoms in total. The third kappa shape index (κ3) is 3.29. The number of hydrogen-bond acceptors (Lipinski definition) is 6. The number of nitrogens with zero attached hydrogens (tertiary/aromatic N) is 4. The fourth-order valence-electron chi connectivity index (χ4n) is 3.92. The van der Waals surface area contributed by atoms with Gasteiger partial charge in [-0.3, -0.25) is 4.79 Å². The Hall–Kier alpha value is -3.48. The van der Waals surface area contributed by atoms with Crippen molar-refractivity contribution in [1.29, 1.82) is 0 Å². The van der Waals surface area contributed by atoms with Gasteiger partial charge in [0.05, 0.1) is 0 Å². The van der Waals surface area contributed by atoms with E-state index in [1.165, 1.54) is 5.56 Å². The molecule has 29 heavy (non-hydrogen) atoms. The smallest absolute Gasteiger partial charge is 0.248 e. The molecule has 3 aromatic rings. The van der Waals surface area contributed by atoms with Gasteiger partial charge >= 0.3 is 0 Å². The summed E-state index contributed by atoms with van der Waals surface area (Å²) in [4.78, 5) is 12.7. The van der Waals surface area contributed by atoms with Gasteiger partial charge in [-0.25, -0.2) is 0 Å². The zero-order valence-electron chi connectivity index (χ0n) is 16.1. The molecule has 2 aliphatic rings. The first kappa shape index (κ1) is 17.6. The molecule has 146 valence electrons. The Morgan fingerprint density at radius 1 is 1.10 bits per heavy atom. The van der Waals surface area contributed by atoms with Crippen molar-refractivity contribution in [2.45, 2.75) is 38.8 Å². The van der Waals surface area contributed by atoms with Gasteiger partial charge < -0.3 is 10.1 Å². The van der Waals surface area contributed by atoms with Gasteiger partial charge in [0.15, 0.2) is 5.78 Å². The molecule has 5 rings (SSSR count). The lowest BCUT2D eigenvalue weighted by molar-refractivity contribution is -0.116. The molecule has 1 atom stereocenters. The second kappa shape index (κ2) is 7.16. The van der Waals surface area contributed by atoms with Crippen LogP contribution in [0.25, 0.3) is 0 Å². The number of ether oxygens (including phenoxy) is 1. The Labute approximate surface area is 168 Å². The van der Waals surface area contributed by atoms with Crippen LogP contribution < -0.4 is 10.1 Å². The highest BCUT2D eigenvalue weighted by Gasteiger charge is 2.36. The maximum absolute atomic E-state index is 12.7. The molecule has 0 unspecified atom stereocenters. The molecule has 1 N–H and O–H groups in total. The van der Waals surface area contributed by atoms with Gasteiger partial charge in [0.25, 0.3) is 0 Å². The van der Waals surface area contributed by atoms with E-state index in [0.717, 1.165) is 41.0 Å². The van der Waals surface area contributed by atoms with Gasteiger partial charge in [0.2, 0.25) is 5.95 Å².